The van der Waals surface area contributed by atoms with Crippen LogP contribution in [0.25, 0.3) is 0 Å². The number of hydrogen-bond acceptors (Lipinski definition) is 2. The number of rotatable bonds is 3. The number of phenols is 1. The van der Waals surface area contributed by atoms with Crippen LogP contribution in [0, 0.1) is 5.82 Å². The van der Waals surface area contributed by atoms with Crippen LogP contribution >= 0.6 is 0 Å². The van der Waals surface area contributed by atoms with Gasteiger partial charge in [-0.05, 0) is 44.4 Å². The molecule has 0 aliphatic carbocycles. The van der Waals surface area contributed by atoms with Crippen molar-refractivity contribution in [3.63, 3.8) is 0 Å². The monoisotopic (exact) mass is 197 g/mol. The molecule has 0 fully saturated rings. The van der Waals surface area contributed by atoms with Gasteiger partial charge in [-0.1, -0.05) is 6.07 Å². The number of hydrogen-bond donors (Lipinski definition) is 2. The van der Waals surface area contributed by atoms with E-state index in [0.717, 1.165) is 18.4 Å². The highest BCUT2D eigenvalue weighted by Crippen LogP contribution is 2.18. The van der Waals surface area contributed by atoms with Gasteiger partial charge in [0.15, 0.2) is 11.6 Å². The lowest BCUT2D eigenvalue weighted by atomic mass is 9.96. The maximum Gasteiger partial charge on any atom is 0.165 e. The Morgan fingerprint density at radius 3 is 2.57 bits per heavy atom. The normalized spacial score (nSPS) is 11.7. The zero-order valence-corrected chi connectivity index (χ0v) is 8.55. The Bertz CT molecular complexity index is 318. The first kappa shape index (κ1) is 11.0. The molecule has 0 aromatic heterocycles. The van der Waals surface area contributed by atoms with Gasteiger partial charge in [-0.3, -0.25) is 0 Å². The van der Waals surface area contributed by atoms with Gasteiger partial charge in [-0.25, -0.2) is 4.39 Å². The molecule has 0 heterocycles. The topological polar surface area (TPSA) is 46.2 Å². The Labute approximate surface area is 83.6 Å². The zero-order valence-electron chi connectivity index (χ0n) is 8.55. The quantitative estimate of drug-likeness (QED) is 0.780. The molecule has 0 amide bonds. The van der Waals surface area contributed by atoms with Crippen LogP contribution in [0.3, 0.4) is 0 Å². The largest absolute Gasteiger partial charge is 0.505 e. The van der Waals surface area contributed by atoms with E-state index in [1.807, 2.05) is 13.8 Å². The van der Waals surface area contributed by atoms with Crippen LogP contribution in [0.2, 0.25) is 0 Å². The molecule has 0 spiro atoms. The smallest absolute Gasteiger partial charge is 0.165 e. The predicted molar refractivity (Wildman–Crippen MR) is 54.7 cm³/mol. The Hall–Kier alpha value is -1.09. The van der Waals surface area contributed by atoms with Gasteiger partial charge in [0.25, 0.3) is 0 Å². The summed E-state index contributed by atoms with van der Waals surface area (Å²) in [6.07, 6.45) is 1.51. The van der Waals surface area contributed by atoms with Crippen LogP contribution in [0.5, 0.6) is 5.75 Å². The molecule has 78 valence electrons. The van der Waals surface area contributed by atoms with Crippen molar-refractivity contribution in [1.29, 1.82) is 0 Å². The van der Waals surface area contributed by atoms with Gasteiger partial charge >= 0.3 is 0 Å². The highest BCUT2D eigenvalue weighted by atomic mass is 19.1. The fraction of sp³-hybridized carbons (Fsp3) is 0.455. The Morgan fingerprint density at radius 1 is 1.43 bits per heavy atom. The first-order valence-electron chi connectivity index (χ1n) is 4.65. The van der Waals surface area contributed by atoms with Crippen LogP contribution in [0.1, 0.15) is 25.8 Å². The molecule has 0 radical (unpaired) electrons. The number of phenolic OH excluding ortho intramolecular Hbond substituents is 1. The van der Waals surface area contributed by atoms with E-state index >= 15 is 0 Å². The predicted octanol–water partition coefficient (Wildman–Crippen LogP) is 2.20. The molecule has 0 aliphatic heterocycles. The molecule has 0 saturated carbocycles. The second-order valence-electron chi connectivity index (χ2n) is 4.27. The van der Waals surface area contributed by atoms with Gasteiger partial charge in [0, 0.05) is 5.54 Å². The summed E-state index contributed by atoms with van der Waals surface area (Å²) in [6.45, 7) is 3.87. The van der Waals surface area contributed by atoms with Crippen LogP contribution in [-0.4, -0.2) is 10.6 Å². The van der Waals surface area contributed by atoms with E-state index in [1.54, 1.807) is 6.07 Å². The van der Waals surface area contributed by atoms with Gasteiger partial charge in [0.05, 0.1) is 0 Å². The maximum atomic E-state index is 12.9. The second kappa shape index (κ2) is 3.96. The van der Waals surface area contributed by atoms with Crippen molar-refractivity contribution in [3.8, 4) is 5.75 Å². The number of aryl methyl sites for hydroxylation is 1. The molecular formula is C11H16FNO. The first-order valence-corrected chi connectivity index (χ1v) is 4.65. The number of nitrogens with two attached hydrogens (primary N) is 1. The van der Waals surface area contributed by atoms with Gasteiger partial charge in [-0.2, -0.15) is 0 Å². The van der Waals surface area contributed by atoms with E-state index in [-0.39, 0.29) is 11.3 Å². The first-order chi connectivity index (χ1) is 6.38. The average molecular weight is 197 g/mol. The standard InChI is InChI=1S/C11H16FNO/c1-11(2,13)6-5-8-3-4-10(14)9(12)7-8/h3-4,7,14H,5-6,13H2,1-2H3. The van der Waals surface area contributed by atoms with Crippen molar-refractivity contribution >= 4 is 0 Å². The Balaban J connectivity index is 2.65. The molecule has 0 bridgehead atoms. The van der Waals surface area contributed by atoms with Crippen LogP contribution in [0.15, 0.2) is 18.2 Å². The van der Waals surface area contributed by atoms with Gasteiger partial charge in [-0.15, -0.1) is 0 Å². The van der Waals surface area contributed by atoms with Gasteiger partial charge in [0.1, 0.15) is 0 Å². The van der Waals surface area contributed by atoms with E-state index in [0.29, 0.717) is 0 Å². The summed E-state index contributed by atoms with van der Waals surface area (Å²) in [5.74, 6) is -0.877. The van der Waals surface area contributed by atoms with Crippen LogP contribution in [-0.2, 0) is 6.42 Å². The molecule has 14 heavy (non-hydrogen) atoms. The minimum absolute atomic E-state index is 0.242. The molecule has 0 aliphatic rings. The van der Waals surface area contributed by atoms with Crippen molar-refractivity contribution in [2.24, 2.45) is 5.73 Å². The number of halogens is 1. The number of aromatic hydroxyl groups is 1. The lowest BCUT2D eigenvalue weighted by molar-refractivity contribution is 0.430. The Kier molecular flexibility index (Phi) is 3.11. The fourth-order valence-corrected chi connectivity index (χ4v) is 1.17. The maximum absolute atomic E-state index is 12.9. The molecule has 0 atom stereocenters. The third kappa shape index (κ3) is 3.34. The average Bonchev–Trinajstić information content (AvgIpc) is 2.06. The molecule has 1 aromatic rings. The van der Waals surface area contributed by atoms with E-state index < -0.39 is 5.82 Å². The summed E-state index contributed by atoms with van der Waals surface area (Å²) >= 11 is 0. The molecule has 3 heteroatoms. The Morgan fingerprint density at radius 2 is 2.07 bits per heavy atom. The highest BCUT2D eigenvalue weighted by Gasteiger charge is 2.11. The van der Waals surface area contributed by atoms with Crippen molar-refractivity contribution in [2.75, 3.05) is 0 Å². The molecule has 2 nitrogen and oxygen atoms in total. The van der Waals surface area contributed by atoms with Crippen molar-refractivity contribution in [1.82, 2.24) is 0 Å². The minimum atomic E-state index is -0.572. The molecular weight excluding hydrogens is 181 g/mol. The lowest BCUT2D eigenvalue weighted by Crippen LogP contribution is -2.32. The summed E-state index contributed by atoms with van der Waals surface area (Å²) < 4.78 is 12.9. The van der Waals surface area contributed by atoms with Crippen molar-refractivity contribution in [3.05, 3.63) is 29.6 Å². The summed E-state index contributed by atoms with van der Waals surface area (Å²) in [5, 5.41) is 8.97. The fourth-order valence-electron chi connectivity index (χ4n) is 1.17. The molecule has 0 saturated heterocycles. The van der Waals surface area contributed by atoms with Crippen molar-refractivity contribution in [2.45, 2.75) is 32.2 Å². The van der Waals surface area contributed by atoms with Crippen molar-refractivity contribution < 1.29 is 9.50 Å². The van der Waals surface area contributed by atoms with Gasteiger partial charge < -0.3 is 10.8 Å². The second-order valence-corrected chi connectivity index (χ2v) is 4.27. The highest BCUT2D eigenvalue weighted by molar-refractivity contribution is 5.28. The van der Waals surface area contributed by atoms with Gasteiger partial charge in [0.2, 0.25) is 0 Å². The SMILES string of the molecule is CC(C)(N)CCc1ccc(O)c(F)c1. The van der Waals surface area contributed by atoms with E-state index in [4.69, 9.17) is 10.8 Å². The number of benzene rings is 1. The van der Waals surface area contributed by atoms with E-state index in [9.17, 15) is 4.39 Å². The third-order valence-electron chi connectivity index (χ3n) is 2.07. The summed E-state index contributed by atoms with van der Waals surface area (Å²) in [6, 6.07) is 4.43. The molecule has 1 aromatic carbocycles. The molecule has 0 unspecified atom stereocenters. The lowest BCUT2D eigenvalue weighted by Gasteiger charge is -2.17. The summed E-state index contributed by atoms with van der Waals surface area (Å²) in [7, 11) is 0. The molecule has 3 N–H and O–H groups in total. The third-order valence-corrected chi connectivity index (χ3v) is 2.07. The molecule has 1 rings (SSSR count). The minimum Gasteiger partial charge on any atom is -0.505 e. The van der Waals surface area contributed by atoms with E-state index in [2.05, 4.69) is 0 Å². The van der Waals surface area contributed by atoms with E-state index in [1.165, 1.54) is 12.1 Å². The van der Waals surface area contributed by atoms with Crippen LogP contribution < -0.4 is 5.73 Å². The van der Waals surface area contributed by atoms with Crippen LogP contribution in [0.4, 0.5) is 4.39 Å². The zero-order chi connectivity index (χ0) is 10.8. The summed E-state index contributed by atoms with van der Waals surface area (Å²) in [4.78, 5) is 0. The summed E-state index contributed by atoms with van der Waals surface area (Å²) in [5.41, 5.74) is 6.43.